The van der Waals surface area contributed by atoms with Gasteiger partial charge in [-0.3, -0.25) is 0 Å². The van der Waals surface area contributed by atoms with Gasteiger partial charge in [0.1, 0.15) is 0 Å². The first kappa shape index (κ1) is 10.4. The van der Waals surface area contributed by atoms with Gasteiger partial charge in [-0.2, -0.15) is 11.8 Å². The summed E-state index contributed by atoms with van der Waals surface area (Å²) in [5.74, 6) is 2.24. The topological polar surface area (TPSA) is 26.0 Å². The first-order valence-electron chi connectivity index (χ1n) is 5.07. The van der Waals surface area contributed by atoms with E-state index >= 15 is 0 Å². The fourth-order valence-electron chi connectivity index (χ4n) is 2.05. The van der Waals surface area contributed by atoms with Gasteiger partial charge >= 0.3 is 0 Å². The molecule has 2 atom stereocenters. The van der Waals surface area contributed by atoms with Gasteiger partial charge in [0.2, 0.25) is 0 Å². The van der Waals surface area contributed by atoms with Crippen molar-refractivity contribution in [3.63, 3.8) is 0 Å². The van der Waals surface area contributed by atoms with Crippen LogP contribution in [-0.2, 0) is 0 Å². The number of rotatable bonds is 3. The second-order valence-corrected chi connectivity index (χ2v) is 4.91. The molecule has 0 heterocycles. The molecule has 0 bridgehead atoms. The predicted molar refractivity (Wildman–Crippen MR) is 57.5 cm³/mol. The predicted octanol–water partition coefficient (Wildman–Crippen LogP) is 2.65. The van der Waals surface area contributed by atoms with Crippen molar-refractivity contribution in [2.75, 3.05) is 12.0 Å². The molecule has 0 spiro atoms. The summed E-state index contributed by atoms with van der Waals surface area (Å²) in [5, 5.41) is 0. The molecular formula is C10H21NS. The SMILES string of the molecule is CSCCC1CCCCC(N)C1. The van der Waals surface area contributed by atoms with Crippen molar-refractivity contribution in [1.29, 1.82) is 0 Å². The van der Waals surface area contributed by atoms with E-state index in [2.05, 4.69) is 6.26 Å². The summed E-state index contributed by atoms with van der Waals surface area (Å²) in [5.41, 5.74) is 5.99. The number of hydrogen-bond donors (Lipinski definition) is 1. The smallest absolute Gasteiger partial charge is 0.00414 e. The zero-order valence-electron chi connectivity index (χ0n) is 8.09. The molecule has 2 unspecified atom stereocenters. The minimum absolute atomic E-state index is 0.499. The van der Waals surface area contributed by atoms with E-state index in [1.54, 1.807) is 0 Å². The summed E-state index contributed by atoms with van der Waals surface area (Å²) >= 11 is 1.96. The minimum Gasteiger partial charge on any atom is -0.328 e. The maximum Gasteiger partial charge on any atom is 0.00414 e. The molecule has 72 valence electrons. The van der Waals surface area contributed by atoms with Crippen molar-refractivity contribution >= 4 is 11.8 Å². The molecule has 1 fully saturated rings. The van der Waals surface area contributed by atoms with Crippen LogP contribution in [0.2, 0.25) is 0 Å². The molecule has 1 aliphatic rings. The summed E-state index contributed by atoms with van der Waals surface area (Å²) in [6, 6.07) is 0.499. The summed E-state index contributed by atoms with van der Waals surface area (Å²) < 4.78 is 0. The highest BCUT2D eigenvalue weighted by Crippen LogP contribution is 2.25. The number of thioether (sulfide) groups is 1. The van der Waals surface area contributed by atoms with Crippen LogP contribution in [0.25, 0.3) is 0 Å². The Bertz CT molecular complexity index is 116. The highest BCUT2D eigenvalue weighted by molar-refractivity contribution is 7.98. The summed E-state index contributed by atoms with van der Waals surface area (Å²) in [7, 11) is 0. The van der Waals surface area contributed by atoms with Gasteiger partial charge in [-0.1, -0.05) is 19.3 Å². The summed E-state index contributed by atoms with van der Waals surface area (Å²) in [6.45, 7) is 0. The molecule has 0 amide bonds. The first-order chi connectivity index (χ1) is 5.83. The molecule has 1 aliphatic carbocycles. The van der Waals surface area contributed by atoms with E-state index in [9.17, 15) is 0 Å². The zero-order chi connectivity index (χ0) is 8.81. The van der Waals surface area contributed by atoms with Crippen molar-refractivity contribution in [2.45, 2.75) is 44.6 Å². The lowest BCUT2D eigenvalue weighted by Crippen LogP contribution is -2.21. The lowest BCUT2D eigenvalue weighted by molar-refractivity contribution is 0.424. The highest BCUT2D eigenvalue weighted by Gasteiger charge is 2.16. The molecule has 12 heavy (non-hydrogen) atoms. The molecule has 0 radical (unpaired) electrons. The summed E-state index contributed by atoms with van der Waals surface area (Å²) in [6.07, 6.45) is 10.3. The van der Waals surface area contributed by atoms with E-state index in [0.29, 0.717) is 6.04 Å². The Kier molecular flexibility index (Phi) is 5.08. The standard InChI is InChI=1S/C10H21NS/c1-12-7-6-9-4-2-3-5-10(11)8-9/h9-10H,2-8,11H2,1H3. The zero-order valence-corrected chi connectivity index (χ0v) is 8.91. The van der Waals surface area contributed by atoms with Gasteiger partial charge in [0, 0.05) is 6.04 Å². The monoisotopic (exact) mass is 187 g/mol. The maximum atomic E-state index is 5.99. The normalized spacial score (nSPS) is 31.5. The highest BCUT2D eigenvalue weighted by atomic mass is 32.2. The van der Waals surface area contributed by atoms with E-state index in [0.717, 1.165) is 5.92 Å². The van der Waals surface area contributed by atoms with Crippen LogP contribution in [0.4, 0.5) is 0 Å². The molecule has 1 nitrogen and oxygen atoms in total. The van der Waals surface area contributed by atoms with E-state index in [-0.39, 0.29) is 0 Å². The third kappa shape index (κ3) is 3.81. The van der Waals surface area contributed by atoms with Crippen LogP contribution < -0.4 is 5.73 Å². The summed E-state index contributed by atoms with van der Waals surface area (Å²) in [4.78, 5) is 0. The van der Waals surface area contributed by atoms with Crippen LogP contribution in [0.15, 0.2) is 0 Å². The Hall–Kier alpha value is 0.310. The van der Waals surface area contributed by atoms with E-state index in [4.69, 9.17) is 5.73 Å². The molecule has 0 aromatic rings. The van der Waals surface area contributed by atoms with Gasteiger partial charge in [-0.15, -0.1) is 0 Å². The van der Waals surface area contributed by atoms with Gasteiger partial charge in [-0.25, -0.2) is 0 Å². The van der Waals surface area contributed by atoms with Gasteiger partial charge in [0.25, 0.3) is 0 Å². The van der Waals surface area contributed by atoms with Crippen molar-refractivity contribution in [3.05, 3.63) is 0 Å². The van der Waals surface area contributed by atoms with E-state index in [1.165, 1.54) is 44.3 Å². The average molecular weight is 187 g/mol. The quantitative estimate of drug-likeness (QED) is 0.687. The fourth-order valence-corrected chi connectivity index (χ4v) is 2.62. The van der Waals surface area contributed by atoms with Crippen LogP contribution in [0.3, 0.4) is 0 Å². The van der Waals surface area contributed by atoms with Crippen molar-refractivity contribution in [1.82, 2.24) is 0 Å². The van der Waals surface area contributed by atoms with E-state index < -0.39 is 0 Å². The molecule has 0 aromatic heterocycles. The van der Waals surface area contributed by atoms with Crippen molar-refractivity contribution in [2.24, 2.45) is 11.7 Å². The van der Waals surface area contributed by atoms with Gasteiger partial charge in [0.15, 0.2) is 0 Å². The van der Waals surface area contributed by atoms with E-state index in [1.807, 2.05) is 11.8 Å². The van der Waals surface area contributed by atoms with Crippen LogP contribution >= 0.6 is 11.8 Å². The van der Waals surface area contributed by atoms with Gasteiger partial charge < -0.3 is 5.73 Å². The Balaban J connectivity index is 2.21. The van der Waals surface area contributed by atoms with Crippen LogP contribution in [0, 0.1) is 5.92 Å². The molecule has 0 aromatic carbocycles. The maximum absolute atomic E-state index is 5.99. The van der Waals surface area contributed by atoms with Crippen molar-refractivity contribution in [3.8, 4) is 0 Å². The largest absolute Gasteiger partial charge is 0.328 e. The molecular weight excluding hydrogens is 166 g/mol. The lowest BCUT2D eigenvalue weighted by atomic mass is 9.96. The molecule has 2 heteroatoms. The number of hydrogen-bond acceptors (Lipinski definition) is 2. The van der Waals surface area contributed by atoms with Crippen LogP contribution in [0.1, 0.15) is 38.5 Å². The molecule has 0 saturated heterocycles. The van der Waals surface area contributed by atoms with Crippen LogP contribution in [0.5, 0.6) is 0 Å². The molecule has 0 aliphatic heterocycles. The van der Waals surface area contributed by atoms with Crippen molar-refractivity contribution < 1.29 is 0 Å². The third-order valence-corrected chi connectivity index (χ3v) is 3.45. The second-order valence-electron chi connectivity index (χ2n) is 3.93. The third-order valence-electron chi connectivity index (χ3n) is 2.80. The Labute approximate surface area is 80.5 Å². The molecule has 2 N–H and O–H groups in total. The first-order valence-corrected chi connectivity index (χ1v) is 6.47. The second kappa shape index (κ2) is 5.87. The average Bonchev–Trinajstić information content (AvgIpc) is 2.26. The Morgan fingerprint density at radius 1 is 1.33 bits per heavy atom. The Morgan fingerprint density at radius 3 is 2.83 bits per heavy atom. The minimum atomic E-state index is 0.499. The number of nitrogens with two attached hydrogens (primary N) is 1. The lowest BCUT2D eigenvalue weighted by Gasteiger charge is -2.15. The molecule has 1 rings (SSSR count). The van der Waals surface area contributed by atoms with Gasteiger partial charge in [-0.05, 0) is 37.2 Å². The van der Waals surface area contributed by atoms with Crippen LogP contribution in [-0.4, -0.2) is 18.1 Å². The Morgan fingerprint density at radius 2 is 2.08 bits per heavy atom. The molecule has 1 saturated carbocycles. The fraction of sp³-hybridized carbons (Fsp3) is 1.00. The van der Waals surface area contributed by atoms with Gasteiger partial charge in [0.05, 0.1) is 0 Å².